The monoisotopic (exact) mass is 260 g/mol. The highest BCUT2D eigenvalue weighted by atomic mass is 16.5. The average molecular weight is 260 g/mol. The van der Waals surface area contributed by atoms with E-state index in [1.165, 1.54) is 12.0 Å². The Kier molecular flexibility index (Phi) is 8.34. The third kappa shape index (κ3) is 7.48. The Morgan fingerprint density at radius 1 is 1.28 bits per heavy atom. The van der Waals surface area contributed by atoms with Crippen molar-refractivity contribution in [2.24, 2.45) is 0 Å². The molecule has 7 nitrogen and oxygen atoms in total. The third-order valence-electron chi connectivity index (χ3n) is 2.31. The summed E-state index contributed by atoms with van der Waals surface area (Å²) in [7, 11) is 1.26. The highest BCUT2D eigenvalue weighted by Crippen LogP contribution is 1.95. The van der Waals surface area contributed by atoms with Crippen LogP contribution in [0.4, 0.5) is 4.79 Å². The molecule has 0 saturated carbocycles. The van der Waals surface area contributed by atoms with Crippen LogP contribution in [0.1, 0.15) is 26.2 Å². The SMILES string of the molecule is CCN(CC(=O)OC)C(=O)NCCCCC(=O)O. The van der Waals surface area contributed by atoms with Gasteiger partial charge >= 0.3 is 18.0 Å². The van der Waals surface area contributed by atoms with E-state index < -0.39 is 11.9 Å². The van der Waals surface area contributed by atoms with Gasteiger partial charge in [0.1, 0.15) is 6.54 Å². The highest BCUT2D eigenvalue weighted by Gasteiger charge is 2.14. The maximum atomic E-state index is 11.6. The summed E-state index contributed by atoms with van der Waals surface area (Å²) in [6.45, 7) is 2.46. The molecule has 7 heteroatoms. The van der Waals surface area contributed by atoms with Gasteiger partial charge in [-0.2, -0.15) is 0 Å². The first-order chi connectivity index (χ1) is 8.51. The molecule has 2 amide bonds. The number of carboxylic acids is 1. The summed E-state index contributed by atoms with van der Waals surface area (Å²) in [5, 5.41) is 11.1. The molecule has 0 rings (SSSR count). The number of methoxy groups -OCH3 is 1. The second-order valence-electron chi connectivity index (χ2n) is 3.67. The average Bonchev–Trinajstić information content (AvgIpc) is 2.34. The Bertz CT molecular complexity index is 293. The van der Waals surface area contributed by atoms with E-state index in [-0.39, 0.29) is 19.0 Å². The second kappa shape index (κ2) is 9.26. The largest absolute Gasteiger partial charge is 0.481 e. The number of nitrogens with one attached hydrogen (secondary N) is 1. The number of aliphatic carboxylic acids is 1. The number of carboxylic acid groups (broad SMARTS) is 1. The predicted octanol–water partition coefficient (Wildman–Crippen LogP) is 0.446. The summed E-state index contributed by atoms with van der Waals surface area (Å²) >= 11 is 0. The van der Waals surface area contributed by atoms with Crippen LogP contribution in [0.25, 0.3) is 0 Å². The van der Waals surface area contributed by atoms with Crippen molar-refractivity contribution in [2.75, 3.05) is 26.7 Å². The van der Waals surface area contributed by atoms with Gasteiger partial charge in [0.15, 0.2) is 0 Å². The molecule has 18 heavy (non-hydrogen) atoms. The van der Waals surface area contributed by atoms with Gasteiger partial charge in [-0.05, 0) is 19.8 Å². The first-order valence-corrected chi connectivity index (χ1v) is 5.82. The molecule has 0 radical (unpaired) electrons. The van der Waals surface area contributed by atoms with Crippen LogP contribution in [0, 0.1) is 0 Å². The van der Waals surface area contributed by atoms with Crippen LogP contribution in [0.15, 0.2) is 0 Å². The van der Waals surface area contributed by atoms with Crippen molar-refractivity contribution in [3.8, 4) is 0 Å². The number of esters is 1. The number of rotatable bonds is 8. The minimum absolute atomic E-state index is 0.0893. The van der Waals surface area contributed by atoms with Crippen LogP contribution in [0.2, 0.25) is 0 Å². The lowest BCUT2D eigenvalue weighted by atomic mass is 10.2. The van der Waals surface area contributed by atoms with E-state index in [1.54, 1.807) is 6.92 Å². The van der Waals surface area contributed by atoms with Crippen LogP contribution in [-0.2, 0) is 14.3 Å². The first-order valence-electron chi connectivity index (χ1n) is 5.82. The van der Waals surface area contributed by atoms with Crippen LogP contribution >= 0.6 is 0 Å². The van der Waals surface area contributed by atoms with Gasteiger partial charge < -0.3 is 20.1 Å². The van der Waals surface area contributed by atoms with Crippen LogP contribution in [0.5, 0.6) is 0 Å². The number of unbranched alkanes of at least 4 members (excludes halogenated alkanes) is 1. The van der Waals surface area contributed by atoms with Gasteiger partial charge in [-0.1, -0.05) is 0 Å². The molecule has 0 aliphatic rings. The molecular weight excluding hydrogens is 240 g/mol. The lowest BCUT2D eigenvalue weighted by Gasteiger charge is -2.19. The number of urea groups is 1. The lowest BCUT2D eigenvalue weighted by molar-refractivity contribution is -0.141. The quantitative estimate of drug-likeness (QED) is 0.488. The molecule has 0 aliphatic carbocycles. The van der Waals surface area contributed by atoms with Gasteiger partial charge in [0.2, 0.25) is 0 Å². The maximum Gasteiger partial charge on any atom is 0.325 e. The summed E-state index contributed by atoms with van der Waals surface area (Å²) in [6, 6.07) is -0.349. The van der Waals surface area contributed by atoms with Crippen molar-refractivity contribution in [2.45, 2.75) is 26.2 Å². The first kappa shape index (κ1) is 16.2. The van der Waals surface area contributed by atoms with Crippen molar-refractivity contribution in [1.29, 1.82) is 0 Å². The van der Waals surface area contributed by atoms with E-state index in [4.69, 9.17) is 5.11 Å². The van der Waals surface area contributed by atoms with Gasteiger partial charge in [-0.25, -0.2) is 4.79 Å². The topological polar surface area (TPSA) is 95.9 Å². The molecule has 104 valence electrons. The van der Waals surface area contributed by atoms with Gasteiger partial charge in [0, 0.05) is 19.5 Å². The Balaban J connectivity index is 3.83. The van der Waals surface area contributed by atoms with E-state index in [0.717, 1.165) is 0 Å². The van der Waals surface area contributed by atoms with Crippen molar-refractivity contribution >= 4 is 18.0 Å². The Hall–Kier alpha value is -1.79. The molecule has 0 spiro atoms. The Labute approximate surface area is 106 Å². The van der Waals surface area contributed by atoms with E-state index in [1.807, 2.05) is 0 Å². The standard InChI is InChI=1S/C11H20N2O5/c1-3-13(8-10(16)18-2)11(17)12-7-5-4-6-9(14)15/h3-8H2,1-2H3,(H,12,17)(H,14,15). The van der Waals surface area contributed by atoms with Gasteiger partial charge in [0.05, 0.1) is 7.11 Å². The second-order valence-corrected chi connectivity index (χ2v) is 3.67. The minimum Gasteiger partial charge on any atom is -0.481 e. The van der Waals surface area contributed by atoms with Crippen molar-refractivity contribution in [3.05, 3.63) is 0 Å². The van der Waals surface area contributed by atoms with Gasteiger partial charge in [-0.15, -0.1) is 0 Å². The van der Waals surface area contributed by atoms with E-state index >= 15 is 0 Å². The Morgan fingerprint density at radius 3 is 2.44 bits per heavy atom. The van der Waals surface area contributed by atoms with Crippen molar-refractivity contribution in [1.82, 2.24) is 10.2 Å². The number of hydrogen-bond donors (Lipinski definition) is 2. The summed E-state index contributed by atoms with van der Waals surface area (Å²) in [4.78, 5) is 34.2. The number of likely N-dealkylation sites (N-methyl/N-ethyl adjacent to an activating group) is 1. The highest BCUT2D eigenvalue weighted by molar-refractivity contribution is 5.80. The fraction of sp³-hybridized carbons (Fsp3) is 0.727. The molecule has 0 fully saturated rings. The number of hydrogen-bond acceptors (Lipinski definition) is 4. The van der Waals surface area contributed by atoms with Crippen molar-refractivity contribution < 1.29 is 24.2 Å². The maximum absolute atomic E-state index is 11.6. The molecule has 0 bridgehead atoms. The van der Waals surface area contributed by atoms with Crippen LogP contribution in [0.3, 0.4) is 0 Å². The third-order valence-corrected chi connectivity index (χ3v) is 2.31. The van der Waals surface area contributed by atoms with Crippen LogP contribution in [-0.4, -0.2) is 54.7 Å². The number of amides is 2. The molecule has 0 heterocycles. The summed E-state index contributed by atoms with van der Waals surface area (Å²) in [5.41, 5.74) is 0. The number of carbonyl (C=O) groups excluding carboxylic acids is 2. The molecule has 0 atom stereocenters. The summed E-state index contributed by atoms with van der Waals surface area (Å²) in [5.74, 6) is -1.32. The molecule has 0 aromatic carbocycles. The fourth-order valence-electron chi connectivity index (χ4n) is 1.26. The molecule has 0 aliphatic heterocycles. The zero-order valence-electron chi connectivity index (χ0n) is 10.8. The van der Waals surface area contributed by atoms with Crippen LogP contribution < -0.4 is 5.32 Å². The zero-order chi connectivity index (χ0) is 14.0. The normalized spacial score (nSPS) is 9.67. The predicted molar refractivity (Wildman–Crippen MR) is 64.1 cm³/mol. The zero-order valence-corrected chi connectivity index (χ0v) is 10.8. The molecule has 0 saturated heterocycles. The van der Waals surface area contributed by atoms with E-state index in [9.17, 15) is 14.4 Å². The fourth-order valence-corrected chi connectivity index (χ4v) is 1.26. The van der Waals surface area contributed by atoms with Gasteiger partial charge in [-0.3, -0.25) is 9.59 Å². The Morgan fingerprint density at radius 2 is 1.94 bits per heavy atom. The van der Waals surface area contributed by atoms with Crippen molar-refractivity contribution in [3.63, 3.8) is 0 Å². The summed E-state index contributed by atoms with van der Waals surface area (Å²) < 4.78 is 4.48. The minimum atomic E-state index is -0.845. The molecular formula is C11H20N2O5. The number of ether oxygens (including phenoxy) is 1. The van der Waals surface area contributed by atoms with E-state index in [0.29, 0.717) is 25.9 Å². The summed E-state index contributed by atoms with van der Waals surface area (Å²) in [6.07, 6.45) is 1.20. The van der Waals surface area contributed by atoms with E-state index in [2.05, 4.69) is 10.1 Å². The number of carbonyl (C=O) groups is 3. The molecule has 0 aromatic heterocycles. The molecule has 0 aromatic rings. The molecule has 0 unspecified atom stereocenters. The van der Waals surface area contributed by atoms with Gasteiger partial charge in [0.25, 0.3) is 0 Å². The molecule has 2 N–H and O–H groups in total. The smallest absolute Gasteiger partial charge is 0.325 e. The number of nitrogens with zero attached hydrogens (tertiary/aromatic N) is 1. The lowest BCUT2D eigenvalue weighted by Crippen LogP contribution is -2.43.